The lowest BCUT2D eigenvalue weighted by Crippen LogP contribution is -2.37. The van der Waals surface area contributed by atoms with Gasteiger partial charge in [-0.1, -0.05) is 19.8 Å². The van der Waals surface area contributed by atoms with Gasteiger partial charge in [0, 0.05) is 30.6 Å². The van der Waals surface area contributed by atoms with Gasteiger partial charge < -0.3 is 20.1 Å². The first-order chi connectivity index (χ1) is 16.8. The lowest BCUT2D eigenvalue weighted by Gasteiger charge is -2.22. The summed E-state index contributed by atoms with van der Waals surface area (Å²) in [5.74, 6) is -1.97. The third-order valence-electron chi connectivity index (χ3n) is 5.13. The smallest absolute Gasteiger partial charge is 0.306 e. The van der Waals surface area contributed by atoms with Crippen molar-refractivity contribution in [1.29, 1.82) is 0 Å². The van der Waals surface area contributed by atoms with Crippen molar-refractivity contribution in [3.05, 3.63) is 59.9 Å². The Bertz CT molecular complexity index is 992. The molecule has 2 aromatic rings. The molecule has 0 bridgehead atoms. The minimum absolute atomic E-state index is 0.0475. The number of carbonyl (C=O) groups excluding carboxylic acids is 4. The Morgan fingerprint density at radius 3 is 2.23 bits per heavy atom. The van der Waals surface area contributed by atoms with E-state index < -0.39 is 30.2 Å². The molecule has 2 aromatic carbocycles. The minimum Gasteiger partial charge on any atom is -0.494 e. The molecule has 0 fully saturated rings. The van der Waals surface area contributed by atoms with Crippen LogP contribution < -0.4 is 15.4 Å². The summed E-state index contributed by atoms with van der Waals surface area (Å²) < 4.78 is 23.8. The molecule has 9 heteroatoms. The number of ether oxygens (including phenoxy) is 2. The van der Waals surface area contributed by atoms with Crippen molar-refractivity contribution in [1.82, 2.24) is 0 Å². The molecule has 0 saturated carbocycles. The molecular formula is C26H31FN2O6. The van der Waals surface area contributed by atoms with Crippen molar-refractivity contribution in [2.45, 2.75) is 45.4 Å². The van der Waals surface area contributed by atoms with Crippen LogP contribution >= 0.6 is 0 Å². The van der Waals surface area contributed by atoms with Crippen molar-refractivity contribution in [3.8, 4) is 5.75 Å². The Hall–Kier alpha value is -3.75. The van der Waals surface area contributed by atoms with E-state index in [1.165, 1.54) is 29.2 Å². The highest BCUT2D eigenvalue weighted by Crippen LogP contribution is 2.17. The van der Waals surface area contributed by atoms with E-state index in [0.717, 1.165) is 19.3 Å². The Labute approximate surface area is 204 Å². The Morgan fingerprint density at radius 1 is 0.914 bits per heavy atom. The maximum absolute atomic E-state index is 13.2. The van der Waals surface area contributed by atoms with Crippen molar-refractivity contribution < 1.29 is 33.0 Å². The fourth-order valence-electron chi connectivity index (χ4n) is 3.17. The molecule has 0 unspecified atom stereocenters. The molecule has 2 N–H and O–H groups in total. The first-order valence-electron chi connectivity index (χ1n) is 11.6. The van der Waals surface area contributed by atoms with Gasteiger partial charge in [0.05, 0.1) is 13.0 Å². The Morgan fingerprint density at radius 2 is 1.60 bits per heavy atom. The van der Waals surface area contributed by atoms with Crippen molar-refractivity contribution in [2.24, 2.45) is 5.73 Å². The lowest BCUT2D eigenvalue weighted by atomic mass is 10.1. The Kier molecular flexibility index (Phi) is 11.4. The zero-order valence-electron chi connectivity index (χ0n) is 19.8. The van der Waals surface area contributed by atoms with E-state index in [9.17, 15) is 23.6 Å². The SMILES string of the molecule is CCCCCOc1ccc(C(=O)CCC(=O)OCC(=O)N(CCC(N)=O)c2ccc(F)cc2)cc1. The number of nitrogens with zero attached hydrogens (tertiary/aromatic N) is 1. The number of anilines is 1. The highest BCUT2D eigenvalue weighted by molar-refractivity contribution is 5.98. The number of Topliss-reactive ketones (excluding diaryl/α,β-unsaturated/α-hetero) is 1. The molecule has 35 heavy (non-hydrogen) atoms. The van der Waals surface area contributed by atoms with Crippen LogP contribution in [0.5, 0.6) is 5.75 Å². The molecule has 0 atom stereocenters. The molecule has 188 valence electrons. The number of carbonyl (C=O) groups is 4. The van der Waals surface area contributed by atoms with Crippen LogP contribution in [0, 0.1) is 5.82 Å². The van der Waals surface area contributed by atoms with Crippen LogP contribution in [-0.4, -0.2) is 43.3 Å². The molecular weight excluding hydrogens is 455 g/mol. The van der Waals surface area contributed by atoms with Gasteiger partial charge in [-0.15, -0.1) is 0 Å². The highest BCUT2D eigenvalue weighted by Gasteiger charge is 2.19. The summed E-state index contributed by atoms with van der Waals surface area (Å²) in [5, 5.41) is 0. The summed E-state index contributed by atoms with van der Waals surface area (Å²) in [4.78, 5) is 49.4. The number of halogens is 1. The summed E-state index contributed by atoms with van der Waals surface area (Å²) in [7, 11) is 0. The van der Waals surface area contributed by atoms with E-state index in [0.29, 0.717) is 23.6 Å². The zero-order valence-corrected chi connectivity index (χ0v) is 19.8. The van der Waals surface area contributed by atoms with Crippen LogP contribution in [0.15, 0.2) is 48.5 Å². The van der Waals surface area contributed by atoms with Crippen LogP contribution in [0.2, 0.25) is 0 Å². The number of rotatable bonds is 15. The number of hydrogen-bond acceptors (Lipinski definition) is 6. The molecule has 0 aromatic heterocycles. The van der Waals surface area contributed by atoms with Crippen molar-refractivity contribution in [3.63, 3.8) is 0 Å². The Balaban J connectivity index is 1.81. The standard InChI is InChI=1S/C26H31FN2O6/c1-2-3-4-17-34-22-11-5-19(6-12-22)23(30)13-14-26(33)35-18-25(32)29(16-15-24(28)31)21-9-7-20(27)8-10-21/h5-12H,2-4,13-18H2,1H3,(H2,28,31). The van der Waals surface area contributed by atoms with E-state index in [4.69, 9.17) is 15.2 Å². The quantitative estimate of drug-likeness (QED) is 0.233. The third kappa shape index (κ3) is 9.95. The number of hydrogen-bond donors (Lipinski definition) is 1. The molecule has 0 aliphatic rings. The van der Waals surface area contributed by atoms with Crippen molar-refractivity contribution in [2.75, 3.05) is 24.7 Å². The second-order valence-corrected chi connectivity index (χ2v) is 7.90. The van der Waals surface area contributed by atoms with Gasteiger partial charge in [0.25, 0.3) is 5.91 Å². The maximum Gasteiger partial charge on any atom is 0.306 e. The molecule has 0 spiro atoms. The predicted molar refractivity (Wildman–Crippen MR) is 129 cm³/mol. The number of benzene rings is 2. The monoisotopic (exact) mass is 486 g/mol. The zero-order chi connectivity index (χ0) is 25.6. The van der Waals surface area contributed by atoms with Gasteiger partial charge in [0.15, 0.2) is 12.4 Å². The van der Waals surface area contributed by atoms with Gasteiger partial charge in [0.1, 0.15) is 11.6 Å². The molecule has 0 heterocycles. The number of unbranched alkanes of at least 4 members (excludes halogenated alkanes) is 2. The summed E-state index contributed by atoms with van der Waals surface area (Å²) in [6, 6.07) is 11.8. The van der Waals surface area contributed by atoms with E-state index in [2.05, 4.69) is 6.92 Å². The number of amides is 2. The van der Waals surface area contributed by atoms with Gasteiger partial charge in [-0.2, -0.15) is 0 Å². The molecule has 0 aliphatic carbocycles. The summed E-state index contributed by atoms with van der Waals surface area (Å²) in [6.45, 7) is 2.09. The normalized spacial score (nSPS) is 10.5. The average Bonchev–Trinajstić information content (AvgIpc) is 2.85. The van der Waals surface area contributed by atoms with Gasteiger partial charge in [-0.25, -0.2) is 4.39 Å². The van der Waals surface area contributed by atoms with E-state index >= 15 is 0 Å². The second kappa shape index (κ2) is 14.5. The van der Waals surface area contributed by atoms with Crippen LogP contribution in [0.25, 0.3) is 0 Å². The number of primary amides is 1. The predicted octanol–water partition coefficient (Wildman–Crippen LogP) is 3.81. The van der Waals surface area contributed by atoms with Crippen LogP contribution in [0.3, 0.4) is 0 Å². The van der Waals surface area contributed by atoms with E-state index in [-0.39, 0.29) is 31.6 Å². The van der Waals surface area contributed by atoms with Crippen LogP contribution in [0.4, 0.5) is 10.1 Å². The maximum atomic E-state index is 13.2. The van der Waals surface area contributed by atoms with Gasteiger partial charge >= 0.3 is 5.97 Å². The fraction of sp³-hybridized carbons (Fsp3) is 0.385. The summed E-state index contributed by atoms with van der Waals surface area (Å²) in [6.07, 6.45) is 2.78. The molecule has 2 rings (SSSR count). The molecule has 8 nitrogen and oxygen atoms in total. The summed E-state index contributed by atoms with van der Waals surface area (Å²) in [5.41, 5.74) is 5.94. The second-order valence-electron chi connectivity index (χ2n) is 7.90. The molecule has 0 radical (unpaired) electrons. The first kappa shape index (κ1) is 27.5. The summed E-state index contributed by atoms with van der Waals surface area (Å²) >= 11 is 0. The first-order valence-corrected chi connectivity index (χ1v) is 11.6. The number of esters is 1. The van der Waals surface area contributed by atoms with E-state index in [1.807, 2.05) is 0 Å². The fourth-order valence-corrected chi connectivity index (χ4v) is 3.17. The topological polar surface area (TPSA) is 116 Å². The van der Waals surface area contributed by atoms with Crippen LogP contribution in [-0.2, 0) is 19.1 Å². The minimum atomic E-state index is -0.712. The highest BCUT2D eigenvalue weighted by atomic mass is 19.1. The largest absolute Gasteiger partial charge is 0.494 e. The van der Waals surface area contributed by atoms with Gasteiger partial charge in [-0.3, -0.25) is 19.2 Å². The number of ketones is 1. The lowest BCUT2D eigenvalue weighted by molar-refractivity contribution is -0.147. The molecule has 2 amide bonds. The molecule has 0 aliphatic heterocycles. The van der Waals surface area contributed by atoms with Crippen LogP contribution in [0.1, 0.15) is 55.8 Å². The van der Waals surface area contributed by atoms with E-state index in [1.54, 1.807) is 24.3 Å². The average molecular weight is 487 g/mol. The number of nitrogens with two attached hydrogens (primary N) is 1. The third-order valence-corrected chi connectivity index (χ3v) is 5.13. The van der Waals surface area contributed by atoms with Crippen molar-refractivity contribution >= 4 is 29.3 Å². The van der Waals surface area contributed by atoms with Gasteiger partial charge in [0.2, 0.25) is 5.91 Å². The van der Waals surface area contributed by atoms with Gasteiger partial charge in [-0.05, 0) is 55.0 Å². The molecule has 0 saturated heterocycles.